The number of piperidine rings is 1. The second-order valence-corrected chi connectivity index (χ2v) is 5.78. The monoisotopic (exact) mass is 291 g/mol. The van der Waals surface area contributed by atoms with Crippen molar-refractivity contribution in [1.29, 1.82) is 0 Å². The number of aryl methyl sites for hydroxylation is 2. The summed E-state index contributed by atoms with van der Waals surface area (Å²) in [5.41, 5.74) is 2.37. The maximum atomic E-state index is 11.6. The molecule has 4 heteroatoms. The molecule has 1 heterocycles. The summed E-state index contributed by atoms with van der Waals surface area (Å²) in [5, 5.41) is 0. The van der Waals surface area contributed by atoms with E-state index in [1.807, 2.05) is 0 Å². The molecular formula is C17H25NO3. The minimum atomic E-state index is -0.0878. The van der Waals surface area contributed by atoms with E-state index in [0.717, 1.165) is 43.8 Å². The van der Waals surface area contributed by atoms with Gasteiger partial charge in [-0.1, -0.05) is 12.1 Å². The molecule has 1 saturated heterocycles. The van der Waals surface area contributed by atoms with E-state index >= 15 is 0 Å². The van der Waals surface area contributed by atoms with Gasteiger partial charge in [0.2, 0.25) is 0 Å². The van der Waals surface area contributed by atoms with E-state index in [1.54, 1.807) is 0 Å². The van der Waals surface area contributed by atoms with Crippen molar-refractivity contribution in [3.63, 3.8) is 0 Å². The molecule has 1 aromatic carbocycles. The number of benzene rings is 1. The first-order valence-electron chi connectivity index (χ1n) is 7.60. The fraction of sp³-hybridized carbons (Fsp3) is 0.588. The summed E-state index contributed by atoms with van der Waals surface area (Å²) in [4.78, 5) is 13.9. The predicted molar refractivity (Wildman–Crippen MR) is 82.6 cm³/mol. The Labute approximate surface area is 127 Å². The van der Waals surface area contributed by atoms with Gasteiger partial charge in [-0.3, -0.25) is 9.69 Å². The Morgan fingerprint density at radius 1 is 1.38 bits per heavy atom. The Kier molecular flexibility index (Phi) is 5.62. The van der Waals surface area contributed by atoms with Gasteiger partial charge in [0.15, 0.2) is 0 Å². The van der Waals surface area contributed by atoms with Crippen molar-refractivity contribution in [1.82, 2.24) is 4.90 Å². The van der Waals surface area contributed by atoms with Crippen molar-refractivity contribution >= 4 is 5.97 Å². The number of carbonyl (C=O) groups excluding carboxylic acids is 1. The van der Waals surface area contributed by atoms with Crippen LogP contribution in [0.1, 0.15) is 24.0 Å². The van der Waals surface area contributed by atoms with Gasteiger partial charge < -0.3 is 9.47 Å². The van der Waals surface area contributed by atoms with Gasteiger partial charge in [-0.05, 0) is 50.4 Å². The highest BCUT2D eigenvalue weighted by Crippen LogP contribution is 2.20. The van der Waals surface area contributed by atoms with Crippen LogP contribution in [0.15, 0.2) is 18.2 Å². The van der Waals surface area contributed by atoms with Crippen LogP contribution in [0.5, 0.6) is 5.75 Å². The first-order chi connectivity index (χ1) is 10.1. The molecule has 1 aromatic rings. The molecule has 2 rings (SSSR count). The predicted octanol–water partition coefficient (Wildman–Crippen LogP) is 2.57. The van der Waals surface area contributed by atoms with E-state index in [-0.39, 0.29) is 11.9 Å². The number of carbonyl (C=O) groups is 1. The van der Waals surface area contributed by atoms with E-state index in [0.29, 0.717) is 6.61 Å². The summed E-state index contributed by atoms with van der Waals surface area (Å²) >= 11 is 0. The molecule has 0 bridgehead atoms. The summed E-state index contributed by atoms with van der Waals surface area (Å²) in [7, 11) is 1.46. The van der Waals surface area contributed by atoms with Gasteiger partial charge in [0.05, 0.1) is 13.0 Å². The summed E-state index contributed by atoms with van der Waals surface area (Å²) in [6.07, 6.45) is 1.98. The van der Waals surface area contributed by atoms with Gasteiger partial charge in [-0.25, -0.2) is 0 Å². The fourth-order valence-electron chi connectivity index (χ4n) is 2.77. The third kappa shape index (κ3) is 4.46. The van der Waals surface area contributed by atoms with Crippen LogP contribution in [0.25, 0.3) is 0 Å². The summed E-state index contributed by atoms with van der Waals surface area (Å²) in [6, 6.07) is 6.25. The SMILES string of the molecule is COC(=O)C1CCCN(CCOc2cc(C)ccc2C)C1. The Hall–Kier alpha value is -1.55. The van der Waals surface area contributed by atoms with Crippen LogP contribution in [0.3, 0.4) is 0 Å². The van der Waals surface area contributed by atoms with Crippen molar-refractivity contribution in [2.45, 2.75) is 26.7 Å². The number of hydrogen-bond donors (Lipinski definition) is 0. The van der Waals surface area contributed by atoms with Gasteiger partial charge in [0.25, 0.3) is 0 Å². The molecule has 0 spiro atoms. The van der Waals surface area contributed by atoms with Gasteiger partial charge in [0, 0.05) is 13.1 Å². The number of ether oxygens (including phenoxy) is 2. The lowest BCUT2D eigenvalue weighted by atomic mass is 9.98. The number of rotatable bonds is 5. The fourth-order valence-corrected chi connectivity index (χ4v) is 2.77. The highest BCUT2D eigenvalue weighted by molar-refractivity contribution is 5.72. The number of methoxy groups -OCH3 is 1. The molecule has 1 aliphatic rings. The lowest BCUT2D eigenvalue weighted by Crippen LogP contribution is -2.41. The molecule has 0 amide bonds. The average Bonchev–Trinajstić information content (AvgIpc) is 2.50. The van der Waals surface area contributed by atoms with E-state index in [2.05, 4.69) is 36.9 Å². The van der Waals surface area contributed by atoms with Crippen LogP contribution >= 0.6 is 0 Å². The molecule has 0 saturated carbocycles. The molecule has 0 aromatic heterocycles. The molecule has 4 nitrogen and oxygen atoms in total. The number of hydrogen-bond acceptors (Lipinski definition) is 4. The summed E-state index contributed by atoms with van der Waals surface area (Å²) in [6.45, 7) is 7.44. The van der Waals surface area contributed by atoms with E-state index in [9.17, 15) is 4.79 Å². The Balaban J connectivity index is 1.80. The molecule has 1 unspecified atom stereocenters. The average molecular weight is 291 g/mol. The van der Waals surface area contributed by atoms with Crippen molar-refractivity contribution < 1.29 is 14.3 Å². The highest BCUT2D eigenvalue weighted by atomic mass is 16.5. The topological polar surface area (TPSA) is 38.8 Å². The zero-order valence-corrected chi connectivity index (χ0v) is 13.2. The molecular weight excluding hydrogens is 266 g/mol. The number of likely N-dealkylation sites (tertiary alicyclic amines) is 1. The van der Waals surface area contributed by atoms with Crippen LogP contribution in [-0.4, -0.2) is 44.2 Å². The van der Waals surface area contributed by atoms with Crippen molar-refractivity contribution in [3.8, 4) is 5.75 Å². The second kappa shape index (κ2) is 7.46. The first kappa shape index (κ1) is 15.8. The maximum absolute atomic E-state index is 11.6. The first-order valence-corrected chi connectivity index (χ1v) is 7.60. The standard InChI is InChI=1S/C17H25NO3/c1-13-6-7-14(2)16(11-13)21-10-9-18-8-4-5-15(12-18)17(19)20-3/h6-7,11,15H,4-5,8-10,12H2,1-3H3. The van der Waals surface area contributed by atoms with Crippen molar-refractivity contribution in [2.75, 3.05) is 33.4 Å². The third-order valence-electron chi connectivity index (χ3n) is 4.05. The quantitative estimate of drug-likeness (QED) is 0.782. The molecule has 0 radical (unpaired) electrons. The van der Waals surface area contributed by atoms with Gasteiger partial charge >= 0.3 is 5.97 Å². The van der Waals surface area contributed by atoms with E-state index in [1.165, 1.54) is 12.7 Å². The third-order valence-corrected chi connectivity index (χ3v) is 4.05. The molecule has 1 atom stereocenters. The van der Waals surface area contributed by atoms with Crippen LogP contribution < -0.4 is 4.74 Å². The normalized spacial score (nSPS) is 19.3. The Morgan fingerprint density at radius 2 is 2.19 bits per heavy atom. The molecule has 0 N–H and O–H groups in total. The number of nitrogens with zero attached hydrogens (tertiary/aromatic N) is 1. The lowest BCUT2D eigenvalue weighted by molar-refractivity contribution is -0.147. The summed E-state index contributed by atoms with van der Waals surface area (Å²) in [5.74, 6) is 0.885. The zero-order valence-electron chi connectivity index (χ0n) is 13.2. The van der Waals surface area contributed by atoms with Crippen LogP contribution in [0.4, 0.5) is 0 Å². The molecule has 1 aliphatic heterocycles. The van der Waals surface area contributed by atoms with Crippen molar-refractivity contribution in [3.05, 3.63) is 29.3 Å². The van der Waals surface area contributed by atoms with Gasteiger partial charge in [-0.15, -0.1) is 0 Å². The zero-order chi connectivity index (χ0) is 15.2. The highest BCUT2D eigenvalue weighted by Gasteiger charge is 2.26. The van der Waals surface area contributed by atoms with Crippen LogP contribution in [0, 0.1) is 19.8 Å². The smallest absolute Gasteiger partial charge is 0.309 e. The second-order valence-electron chi connectivity index (χ2n) is 5.78. The molecule has 116 valence electrons. The Bertz CT molecular complexity index is 487. The van der Waals surface area contributed by atoms with Crippen molar-refractivity contribution in [2.24, 2.45) is 5.92 Å². The molecule has 0 aliphatic carbocycles. The van der Waals surface area contributed by atoms with E-state index < -0.39 is 0 Å². The maximum Gasteiger partial charge on any atom is 0.309 e. The largest absolute Gasteiger partial charge is 0.492 e. The minimum absolute atomic E-state index is 0.0180. The Morgan fingerprint density at radius 3 is 2.95 bits per heavy atom. The lowest BCUT2D eigenvalue weighted by Gasteiger charge is -2.31. The minimum Gasteiger partial charge on any atom is -0.492 e. The molecule has 1 fully saturated rings. The van der Waals surface area contributed by atoms with Crippen LogP contribution in [-0.2, 0) is 9.53 Å². The van der Waals surface area contributed by atoms with Crippen LogP contribution in [0.2, 0.25) is 0 Å². The van der Waals surface area contributed by atoms with Gasteiger partial charge in [-0.2, -0.15) is 0 Å². The summed E-state index contributed by atoms with van der Waals surface area (Å²) < 4.78 is 10.7. The van der Waals surface area contributed by atoms with E-state index in [4.69, 9.17) is 9.47 Å². The number of esters is 1. The van der Waals surface area contributed by atoms with Gasteiger partial charge in [0.1, 0.15) is 12.4 Å². The molecule has 21 heavy (non-hydrogen) atoms.